The van der Waals surface area contributed by atoms with Gasteiger partial charge >= 0.3 is 0 Å². The van der Waals surface area contributed by atoms with Crippen LogP contribution in [0.1, 0.15) is 27.8 Å². The van der Waals surface area contributed by atoms with Gasteiger partial charge < -0.3 is 24.6 Å². The second kappa shape index (κ2) is 9.60. The van der Waals surface area contributed by atoms with E-state index in [0.29, 0.717) is 43.0 Å². The van der Waals surface area contributed by atoms with Gasteiger partial charge in [-0.3, -0.25) is 9.59 Å². The molecule has 3 heterocycles. The fourth-order valence-corrected chi connectivity index (χ4v) is 4.33. The van der Waals surface area contributed by atoms with Crippen LogP contribution in [0.3, 0.4) is 0 Å². The summed E-state index contributed by atoms with van der Waals surface area (Å²) in [6.07, 6.45) is 0.459. The molecule has 1 unspecified atom stereocenters. The average Bonchev–Trinajstić information content (AvgIpc) is 3.25. The van der Waals surface area contributed by atoms with E-state index in [2.05, 4.69) is 15.2 Å². The molecule has 35 heavy (non-hydrogen) atoms. The molecule has 1 saturated heterocycles. The number of piperazine rings is 1. The van der Waals surface area contributed by atoms with Crippen molar-refractivity contribution in [2.24, 2.45) is 0 Å². The number of rotatable bonds is 5. The average molecular weight is 471 g/mol. The lowest BCUT2D eigenvalue weighted by Gasteiger charge is -2.36. The molecule has 2 amide bonds. The van der Waals surface area contributed by atoms with Crippen LogP contribution in [0.15, 0.2) is 77.3 Å². The maximum absolute atomic E-state index is 12.7. The summed E-state index contributed by atoms with van der Waals surface area (Å²) in [7, 11) is 0. The zero-order chi connectivity index (χ0) is 24.4. The van der Waals surface area contributed by atoms with E-state index in [4.69, 9.17) is 4.42 Å². The molecule has 2 N–H and O–H groups in total. The number of furan rings is 1. The summed E-state index contributed by atoms with van der Waals surface area (Å²) in [5, 5.41) is 14.2. The molecule has 0 bridgehead atoms. The maximum Gasteiger partial charge on any atom is 0.291 e. The van der Waals surface area contributed by atoms with Crippen LogP contribution in [0, 0.1) is 6.92 Å². The number of nitrogens with one attached hydrogen (secondary N) is 1. The third-order valence-corrected chi connectivity index (χ3v) is 6.32. The van der Waals surface area contributed by atoms with Crippen LogP contribution in [-0.2, 0) is 4.79 Å². The Morgan fingerprint density at radius 1 is 0.971 bits per heavy atom. The summed E-state index contributed by atoms with van der Waals surface area (Å²) in [6.45, 7) is 4.06. The van der Waals surface area contributed by atoms with E-state index in [0.717, 1.165) is 16.8 Å². The number of carbonyl (C=O) groups excluding carboxylic acids is 2. The topological polar surface area (TPSA) is 98.9 Å². The van der Waals surface area contributed by atoms with Gasteiger partial charge in [0, 0.05) is 37.1 Å². The number of benzene rings is 2. The predicted octanol–water partition coefficient (Wildman–Crippen LogP) is 3.77. The van der Waals surface area contributed by atoms with E-state index in [-0.39, 0.29) is 17.6 Å². The molecule has 0 aliphatic carbocycles. The van der Waals surface area contributed by atoms with Crippen LogP contribution in [0.25, 0.3) is 11.0 Å². The zero-order valence-corrected chi connectivity index (χ0v) is 19.3. The second-order valence-corrected chi connectivity index (χ2v) is 8.54. The summed E-state index contributed by atoms with van der Waals surface area (Å²) >= 11 is 0. The molecule has 1 aliphatic heterocycles. The third kappa shape index (κ3) is 4.61. The lowest BCUT2D eigenvalue weighted by molar-refractivity contribution is -0.140. The Morgan fingerprint density at radius 3 is 2.37 bits per heavy atom. The maximum atomic E-state index is 12.7. The molecule has 2 aromatic carbocycles. The van der Waals surface area contributed by atoms with Gasteiger partial charge in [0.15, 0.2) is 11.9 Å². The number of pyridine rings is 1. The normalized spacial score (nSPS) is 14.7. The van der Waals surface area contributed by atoms with Crippen molar-refractivity contribution in [3.8, 4) is 0 Å². The van der Waals surface area contributed by atoms with Crippen molar-refractivity contribution in [1.29, 1.82) is 0 Å². The Balaban J connectivity index is 1.18. The minimum atomic E-state index is -1.15. The number of anilines is 2. The number of fused-ring (bicyclic) bond motifs is 1. The van der Waals surface area contributed by atoms with Gasteiger partial charge in [0.25, 0.3) is 11.8 Å². The quantitative estimate of drug-likeness (QED) is 0.461. The summed E-state index contributed by atoms with van der Waals surface area (Å²) < 4.78 is 5.74. The van der Waals surface area contributed by atoms with Gasteiger partial charge in [-0.1, -0.05) is 48.5 Å². The predicted molar refractivity (Wildman–Crippen MR) is 133 cm³/mol. The Morgan fingerprint density at radius 2 is 1.69 bits per heavy atom. The first-order valence-electron chi connectivity index (χ1n) is 11.5. The summed E-state index contributed by atoms with van der Waals surface area (Å²) in [5.41, 5.74) is 2.64. The van der Waals surface area contributed by atoms with E-state index in [1.165, 1.54) is 0 Å². The molecule has 8 nitrogen and oxygen atoms in total. The molecular weight excluding hydrogens is 444 g/mol. The highest BCUT2D eigenvalue weighted by atomic mass is 16.3. The highest BCUT2D eigenvalue weighted by Crippen LogP contribution is 2.26. The number of hydrogen-bond donors (Lipinski definition) is 2. The van der Waals surface area contributed by atoms with Crippen LogP contribution >= 0.6 is 0 Å². The van der Waals surface area contributed by atoms with E-state index >= 15 is 0 Å². The molecule has 0 spiro atoms. The van der Waals surface area contributed by atoms with Gasteiger partial charge in [-0.2, -0.15) is 0 Å². The van der Waals surface area contributed by atoms with Gasteiger partial charge in [-0.25, -0.2) is 4.98 Å². The second-order valence-electron chi connectivity index (χ2n) is 8.54. The lowest BCUT2D eigenvalue weighted by atomic mass is 10.1. The fourth-order valence-electron chi connectivity index (χ4n) is 4.33. The fraction of sp³-hybridized carbons (Fsp3) is 0.222. The van der Waals surface area contributed by atoms with E-state index in [9.17, 15) is 14.7 Å². The van der Waals surface area contributed by atoms with Crippen LogP contribution in [0.5, 0.6) is 0 Å². The number of carbonyl (C=O) groups is 2. The molecular formula is C27H26N4O4. The van der Waals surface area contributed by atoms with Crippen molar-refractivity contribution < 1.29 is 19.1 Å². The van der Waals surface area contributed by atoms with Gasteiger partial charge in [-0.05, 0) is 30.7 Å². The van der Waals surface area contributed by atoms with Crippen molar-refractivity contribution in [3.63, 3.8) is 0 Å². The molecule has 1 atom stereocenters. The monoisotopic (exact) mass is 470 g/mol. The number of aliphatic hydroxyl groups is 1. The van der Waals surface area contributed by atoms with E-state index in [1.807, 2.05) is 43.3 Å². The van der Waals surface area contributed by atoms with Gasteiger partial charge in [-0.15, -0.1) is 0 Å². The van der Waals surface area contributed by atoms with E-state index in [1.54, 1.807) is 41.4 Å². The molecule has 4 aromatic rings. The molecule has 2 aromatic heterocycles. The Bertz CT molecular complexity index is 1340. The minimum Gasteiger partial charge on any atom is -0.451 e. The molecule has 0 radical (unpaired) electrons. The standard InChI is InChI=1S/C27H26N4O4/c1-18-21-9-5-6-10-22(21)35-25(18)26(33)29-20-11-12-23(28-17-20)30-13-15-31(16-14-30)27(34)24(32)19-7-3-2-4-8-19/h2-12,17,24,32H,13-16H2,1H3,(H,29,33). The third-order valence-electron chi connectivity index (χ3n) is 6.32. The SMILES string of the molecule is Cc1c(C(=O)Nc2ccc(N3CCN(C(=O)C(O)c4ccccc4)CC3)nc2)oc2ccccc12. The molecule has 1 aliphatic rings. The van der Waals surface area contributed by atoms with Crippen LogP contribution in [-0.4, -0.2) is 53.0 Å². The molecule has 8 heteroatoms. The Hall–Kier alpha value is -4.17. The number of aromatic nitrogens is 1. The van der Waals surface area contributed by atoms with Crippen LogP contribution < -0.4 is 10.2 Å². The molecule has 0 saturated carbocycles. The lowest BCUT2D eigenvalue weighted by Crippen LogP contribution is -2.50. The number of nitrogens with zero attached hydrogens (tertiary/aromatic N) is 3. The first-order valence-corrected chi connectivity index (χ1v) is 11.5. The van der Waals surface area contributed by atoms with Crippen molar-refractivity contribution in [2.75, 3.05) is 36.4 Å². The van der Waals surface area contributed by atoms with Gasteiger partial charge in [0.05, 0.1) is 11.9 Å². The van der Waals surface area contributed by atoms with Crippen molar-refractivity contribution in [3.05, 3.63) is 89.8 Å². The highest BCUT2D eigenvalue weighted by molar-refractivity contribution is 6.06. The Kier molecular flexibility index (Phi) is 6.20. The van der Waals surface area contributed by atoms with Crippen molar-refractivity contribution in [1.82, 2.24) is 9.88 Å². The largest absolute Gasteiger partial charge is 0.451 e. The summed E-state index contributed by atoms with van der Waals surface area (Å²) in [5.74, 6) is 0.437. The zero-order valence-electron chi connectivity index (χ0n) is 19.3. The summed E-state index contributed by atoms with van der Waals surface area (Å²) in [4.78, 5) is 33.7. The first kappa shape index (κ1) is 22.6. The smallest absolute Gasteiger partial charge is 0.291 e. The molecule has 1 fully saturated rings. The number of amides is 2. The van der Waals surface area contributed by atoms with Crippen LogP contribution in [0.2, 0.25) is 0 Å². The molecule has 178 valence electrons. The van der Waals surface area contributed by atoms with Crippen molar-refractivity contribution >= 4 is 34.3 Å². The molecule has 5 rings (SSSR count). The number of aryl methyl sites for hydroxylation is 1. The number of aliphatic hydroxyl groups excluding tert-OH is 1. The number of hydrogen-bond acceptors (Lipinski definition) is 6. The van der Waals surface area contributed by atoms with Gasteiger partial charge in [0.2, 0.25) is 0 Å². The van der Waals surface area contributed by atoms with Crippen LogP contribution in [0.4, 0.5) is 11.5 Å². The van der Waals surface area contributed by atoms with Crippen molar-refractivity contribution in [2.45, 2.75) is 13.0 Å². The summed E-state index contributed by atoms with van der Waals surface area (Å²) in [6, 6.07) is 20.2. The van der Waals surface area contributed by atoms with E-state index < -0.39 is 6.10 Å². The van der Waals surface area contributed by atoms with Gasteiger partial charge in [0.1, 0.15) is 11.4 Å². The number of para-hydroxylation sites is 1. The highest BCUT2D eigenvalue weighted by Gasteiger charge is 2.27. The minimum absolute atomic E-state index is 0.286. The first-order chi connectivity index (χ1) is 17.0. The Labute approximate surface area is 202 Å².